The van der Waals surface area contributed by atoms with Gasteiger partial charge >= 0.3 is 0 Å². The highest BCUT2D eigenvalue weighted by molar-refractivity contribution is 9.10. The average molecular weight is 257 g/mol. The fraction of sp³-hybridized carbons (Fsp3) is 0.429. The molecule has 4 heteroatoms. The third-order valence-electron chi connectivity index (χ3n) is 1.36. The van der Waals surface area contributed by atoms with Crippen molar-refractivity contribution >= 4 is 39.1 Å². The van der Waals surface area contributed by atoms with E-state index < -0.39 is 0 Å². The average Bonchev–Trinajstić information content (AvgIpc) is 2.05. The van der Waals surface area contributed by atoms with Gasteiger partial charge in [0.15, 0.2) is 0 Å². The van der Waals surface area contributed by atoms with Crippen molar-refractivity contribution < 1.29 is 0 Å². The first-order valence-corrected chi connectivity index (χ1v) is 5.04. The molecule has 0 saturated carbocycles. The number of allylic oxidation sites excluding steroid dienone is 3. The lowest BCUT2D eigenvalue weighted by molar-refractivity contribution is 0.684. The van der Waals surface area contributed by atoms with Crippen molar-refractivity contribution in [3.63, 3.8) is 0 Å². The molecule has 0 radical (unpaired) electrons. The first-order valence-electron chi connectivity index (χ1n) is 3.17. The summed E-state index contributed by atoms with van der Waals surface area (Å²) in [6, 6.07) is 0. The lowest BCUT2D eigenvalue weighted by Crippen LogP contribution is -2.40. The molecule has 0 amide bonds. The highest BCUT2D eigenvalue weighted by Gasteiger charge is 2.23. The third-order valence-corrected chi connectivity index (χ3v) is 3.14. The molecule has 11 heavy (non-hydrogen) atoms. The van der Waals surface area contributed by atoms with E-state index in [1.54, 1.807) is 0 Å². The van der Waals surface area contributed by atoms with Crippen LogP contribution in [0.1, 0.15) is 0 Å². The first kappa shape index (κ1) is 9.43. The number of halogens is 3. The summed E-state index contributed by atoms with van der Waals surface area (Å²) in [5, 5.41) is 3.16. The van der Waals surface area contributed by atoms with Crippen LogP contribution in [0, 0.1) is 0 Å². The van der Waals surface area contributed by atoms with E-state index in [2.05, 4.69) is 21.2 Å². The number of dihydropyridines is 1. The van der Waals surface area contributed by atoms with E-state index in [9.17, 15) is 0 Å². The van der Waals surface area contributed by atoms with Gasteiger partial charge in [-0.3, -0.25) is 0 Å². The van der Waals surface area contributed by atoms with Crippen molar-refractivity contribution in [2.75, 3.05) is 11.8 Å². The Morgan fingerprint density at radius 3 is 2.82 bits per heavy atom. The van der Waals surface area contributed by atoms with E-state index in [-0.39, 0.29) is 4.45 Å². The molecule has 0 bridgehead atoms. The molecule has 0 aromatic rings. The third kappa shape index (κ3) is 2.39. The molecule has 0 aromatic carbocycles. The largest absolute Gasteiger partial charge is 0.368 e. The van der Waals surface area contributed by atoms with Gasteiger partial charge in [0, 0.05) is 5.70 Å². The summed E-state index contributed by atoms with van der Waals surface area (Å²) in [5.74, 6) is 0.951. The van der Waals surface area contributed by atoms with Crippen molar-refractivity contribution in [1.82, 2.24) is 5.32 Å². The number of rotatable bonds is 2. The van der Waals surface area contributed by atoms with E-state index in [0.29, 0.717) is 11.8 Å². The van der Waals surface area contributed by atoms with E-state index in [1.807, 2.05) is 18.2 Å². The smallest absolute Gasteiger partial charge is 0.125 e. The molecule has 0 fully saturated rings. The quantitative estimate of drug-likeness (QED) is 0.592. The number of alkyl halides is 3. The minimum Gasteiger partial charge on any atom is -0.368 e. The highest BCUT2D eigenvalue weighted by Crippen LogP contribution is 2.23. The van der Waals surface area contributed by atoms with Crippen LogP contribution in [0.5, 0.6) is 0 Å². The molecule has 1 nitrogen and oxygen atoms in total. The fourth-order valence-electron chi connectivity index (χ4n) is 0.823. The van der Waals surface area contributed by atoms with Gasteiger partial charge in [0.2, 0.25) is 0 Å². The summed E-state index contributed by atoms with van der Waals surface area (Å²) in [7, 11) is 0. The summed E-state index contributed by atoms with van der Waals surface area (Å²) in [6.07, 6.45) is 5.82. The van der Waals surface area contributed by atoms with E-state index in [1.165, 1.54) is 0 Å². The molecular weight excluding hydrogens is 249 g/mol. The van der Waals surface area contributed by atoms with Gasteiger partial charge in [-0.2, -0.15) is 0 Å². The number of hydrogen-bond acceptors (Lipinski definition) is 1. The maximum atomic E-state index is 5.71. The molecule has 1 aliphatic rings. The Morgan fingerprint density at radius 2 is 2.27 bits per heavy atom. The summed E-state index contributed by atoms with van der Waals surface area (Å²) >= 11 is 14.8. The van der Waals surface area contributed by atoms with Crippen LogP contribution >= 0.6 is 39.1 Å². The fourth-order valence-corrected chi connectivity index (χ4v) is 1.54. The Morgan fingerprint density at radius 1 is 1.55 bits per heavy atom. The lowest BCUT2D eigenvalue weighted by Gasteiger charge is -2.27. The Labute approximate surface area is 84.6 Å². The van der Waals surface area contributed by atoms with Crippen LogP contribution in [0.3, 0.4) is 0 Å². The van der Waals surface area contributed by atoms with Crippen LogP contribution in [0.15, 0.2) is 23.9 Å². The van der Waals surface area contributed by atoms with Crippen molar-refractivity contribution in [3.8, 4) is 0 Å². The summed E-state index contributed by atoms with van der Waals surface area (Å²) in [5.41, 5.74) is 0.978. The van der Waals surface area contributed by atoms with E-state index >= 15 is 0 Å². The highest BCUT2D eigenvalue weighted by atomic mass is 79.9. The minimum absolute atomic E-state index is 0.312. The molecule has 1 atom stereocenters. The van der Waals surface area contributed by atoms with E-state index in [4.69, 9.17) is 23.2 Å². The number of hydrogen-bond donors (Lipinski definition) is 1. The Kier molecular flexibility index (Phi) is 3.29. The van der Waals surface area contributed by atoms with Crippen molar-refractivity contribution in [3.05, 3.63) is 23.9 Å². The van der Waals surface area contributed by atoms with Gasteiger partial charge in [-0.05, 0) is 12.2 Å². The Balaban J connectivity index is 2.68. The summed E-state index contributed by atoms with van der Waals surface area (Å²) in [4.78, 5) is 0. The van der Waals surface area contributed by atoms with Crippen LogP contribution in [-0.2, 0) is 0 Å². The zero-order valence-corrected chi connectivity index (χ0v) is 8.88. The topological polar surface area (TPSA) is 12.0 Å². The molecule has 1 rings (SSSR count). The van der Waals surface area contributed by atoms with Crippen LogP contribution in [0.4, 0.5) is 0 Å². The van der Waals surface area contributed by atoms with Gasteiger partial charge in [-0.15, -0.1) is 23.2 Å². The van der Waals surface area contributed by atoms with E-state index in [0.717, 1.165) is 5.70 Å². The molecule has 0 spiro atoms. The SMILES string of the molecule is ClCC1=CC=CC(Br)(CCl)N1. The van der Waals surface area contributed by atoms with Gasteiger partial charge in [0.1, 0.15) is 4.45 Å². The van der Waals surface area contributed by atoms with Crippen molar-refractivity contribution in [2.45, 2.75) is 4.45 Å². The zero-order chi connectivity index (χ0) is 8.32. The second-order valence-corrected chi connectivity index (χ2v) is 4.26. The monoisotopic (exact) mass is 255 g/mol. The predicted molar refractivity (Wildman–Crippen MR) is 53.5 cm³/mol. The molecule has 62 valence electrons. The van der Waals surface area contributed by atoms with Gasteiger partial charge in [0.25, 0.3) is 0 Å². The molecule has 1 aliphatic heterocycles. The second-order valence-electron chi connectivity index (χ2n) is 2.31. The summed E-state index contributed by atoms with van der Waals surface area (Å²) in [6.45, 7) is 0. The van der Waals surface area contributed by atoms with Gasteiger partial charge in [-0.25, -0.2) is 0 Å². The van der Waals surface area contributed by atoms with Crippen LogP contribution < -0.4 is 5.32 Å². The van der Waals surface area contributed by atoms with Crippen LogP contribution in [0.2, 0.25) is 0 Å². The minimum atomic E-state index is -0.312. The first-order chi connectivity index (χ1) is 5.20. The molecule has 0 aliphatic carbocycles. The number of nitrogens with one attached hydrogen (secondary N) is 1. The molecule has 1 N–H and O–H groups in total. The van der Waals surface area contributed by atoms with Crippen molar-refractivity contribution in [2.24, 2.45) is 0 Å². The molecule has 1 heterocycles. The van der Waals surface area contributed by atoms with Gasteiger partial charge < -0.3 is 5.32 Å². The Hall–Kier alpha value is 0.340. The predicted octanol–water partition coefficient (Wildman–Crippen LogP) is 2.60. The lowest BCUT2D eigenvalue weighted by atomic mass is 10.2. The van der Waals surface area contributed by atoms with Crippen LogP contribution in [0.25, 0.3) is 0 Å². The summed E-state index contributed by atoms with van der Waals surface area (Å²) < 4.78 is -0.312. The maximum absolute atomic E-state index is 5.71. The molecule has 0 aromatic heterocycles. The van der Waals surface area contributed by atoms with Gasteiger partial charge in [0.05, 0.1) is 11.8 Å². The zero-order valence-electron chi connectivity index (χ0n) is 5.78. The van der Waals surface area contributed by atoms with Crippen molar-refractivity contribution in [1.29, 1.82) is 0 Å². The van der Waals surface area contributed by atoms with Crippen LogP contribution in [-0.4, -0.2) is 16.2 Å². The standard InChI is InChI=1S/C7H8BrCl2N/c8-7(5-10)3-1-2-6(4-9)11-7/h1-3,11H,4-5H2. The molecule has 1 unspecified atom stereocenters. The Bertz CT molecular complexity index is 203. The van der Waals surface area contributed by atoms with Gasteiger partial charge in [-0.1, -0.05) is 22.0 Å². The second kappa shape index (κ2) is 3.83. The molecule has 0 saturated heterocycles. The molecular formula is C7H8BrCl2N. The maximum Gasteiger partial charge on any atom is 0.125 e. The normalized spacial score (nSPS) is 29.5.